The fourth-order valence-electron chi connectivity index (χ4n) is 2.07. The van der Waals surface area contributed by atoms with Gasteiger partial charge in [-0.1, -0.05) is 19.1 Å². The number of likely N-dealkylation sites (N-methyl/N-ethyl adjacent to an activating group) is 2. The van der Waals surface area contributed by atoms with E-state index in [0.717, 1.165) is 12.0 Å². The van der Waals surface area contributed by atoms with Crippen LogP contribution in [0, 0.1) is 0 Å². The van der Waals surface area contributed by atoms with Crippen LogP contribution < -0.4 is 5.32 Å². The van der Waals surface area contributed by atoms with Crippen molar-refractivity contribution in [3.63, 3.8) is 0 Å². The highest BCUT2D eigenvalue weighted by Gasteiger charge is 2.14. The van der Waals surface area contributed by atoms with E-state index in [1.807, 2.05) is 25.3 Å². The normalized spacial score (nSPS) is 10.7. The van der Waals surface area contributed by atoms with Crippen LogP contribution in [-0.2, 0) is 16.1 Å². The van der Waals surface area contributed by atoms with E-state index in [1.165, 1.54) is 4.90 Å². The number of nitrogens with zero attached hydrogens (tertiary/aromatic N) is 2. The highest BCUT2D eigenvalue weighted by Crippen LogP contribution is 2.15. The summed E-state index contributed by atoms with van der Waals surface area (Å²) in [6, 6.07) is 8.19. The molecule has 0 aliphatic carbocycles. The van der Waals surface area contributed by atoms with Gasteiger partial charge in [0, 0.05) is 25.0 Å². The van der Waals surface area contributed by atoms with Crippen molar-refractivity contribution in [2.45, 2.75) is 24.8 Å². The van der Waals surface area contributed by atoms with Gasteiger partial charge in [0.2, 0.25) is 11.8 Å². The van der Waals surface area contributed by atoms with Gasteiger partial charge in [-0.2, -0.15) is 0 Å². The van der Waals surface area contributed by atoms with E-state index in [-0.39, 0.29) is 24.9 Å². The Hall–Kier alpha value is -1.53. The number of nitrogens with one attached hydrogen (secondary N) is 1. The second-order valence-electron chi connectivity index (χ2n) is 5.62. The first kappa shape index (κ1) is 19.5. The largest absolute Gasteiger partial charge is 0.355 e. The van der Waals surface area contributed by atoms with Gasteiger partial charge in [0.1, 0.15) is 0 Å². The maximum absolute atomic E-state index is 12.2. The number of hydrogen-bond acceptors (Lipinski definition) is 4. The second kappa shape index (κ2) is 10.3. The summed E-state index contributed by atoms with van der Waals surface area (Å²) < 4.78 is 0. The molecule has 1 aromatic rings. The van der Waals surface area contributed by atoms with Gasteiger partial charge < -0.3 is 10.2 Å². The maximum atomic E-state index is 12.2. The molecule has 0 aliphatic heterocycles. The third-order valence-electron chi connectivity index (χ3n) is 3.40. The average Bonchev–Trinajstić information content (AvgIpc) is 2.53. The van der Waals surface area contributed by atoms with Crippen LogP contribution in [0.5, 0.6) is 0 Å². The van der Waals surface area contributed by atoms with Crippen molar-refractivity contribution in [1.82, 2.24) is 15.1 Å². The van der Waals surface area contributed by atoms with Crippen LogP contribution in [0.3, 0.4) is 0 Å². The van der Waals surface area contributed by atoms with E-state index in [1.54, 1.807) is 35.7 Å². The molecule has 5 nitrogen and oxygen atoms in total. The molecule has 0 radical (unpaired) electrons. The third kappa shape index (κ3) is 7.52. The molecule has 6 heteroatoms. The Morgan fingerprint density at radius 1 is 1.13 bits per heavy atom. The molecule has 0 spiro atoms. The quantitative estimate of drug-likeness (QED) is 0.699. The van der Waals surface area contributed by atoms with Gasteiger partial charge in [0.05, 0.1) is 13.1 Å². The lowest BCUT2D eigenvalue weighted by molar-refractivity contribution is -0.132. The average molecular weight is 337 g/mol. The molecule has 1 rings (SSSR count). The summed E-state index contributed by atoms with van der Waals surface area (Å²) in [4.78, 5) is 28.5. The van der Waals surface area contributed by atoms with Crippen molar-refractivity contribution < 1.29 is 9.59 Å². The Balaban J connectivity index is 2.41. The molecular formula is C17H27N3O2S. The van der Waals surface area contributed by atoms with Crippen LogP contribution in [0.1, 0.15) is 18.9 Å². The Morgan fingerprint density at radius 2 is 1.78 bits per heavy atom. The summed E-state index contributed by atoms with van der Waals surface area (Å²) in [5.41, 5.74) is 1.10. The third-order valence-corrected chi connectivity index (χ3v) is 4.14. The fraction of sp³-hybridized carbons (Fsp3) is 0.529. The molecule has 1 N–H and O–H groups in total. The molecule has 0 fully saturated rings. The van der Waals surface area contributed by atoms with Crippen molar-refractivity contribution in [2.24, 2.45) is 0 Å². The molecule has 0 aromatic heterocycles. The molecule has 0 saturated carbocycles. The first-order valence-electron chi connectivity index (χ1n) is 7.78. The lowest BCUT2D eigenvalue weighted by atomic mass is 10.2. The Labute approximate surface area is 143 Å². The van der Waals surface area contributed by atoms with E-state index in [0.29, 0.717) is 13.1 Å². The summed E-state index contributed by atoms with van der Waals surface area (Å²) in [5.74, 6) is -0.0396. The van der Waals surface area contributed by atoms with E-state index in [9.17, 15) is 9.59 Å². The molecule has 0 aliphatic rings. The predicted molar refractivity (Wildman–Crippen MR) is 95.5 cm³/mol. The van der Waals surface area contributed by atoms with Gasteiger partial charge in [0.25, 0.3) is 0 Å². The minimum absolute atomic E-state index is 0.00438. The summed E-state index contributed by atoms with van der Waals surface area (Å²) in [6.45, 7) is 3.73. The van der Waals surface area contributed by atoms with Gasteiger partial charge in [-0.05, 0) is 37.4 Å². The standard InChI is InChI=1S/C17H27N3O2S/c1-5-10-18-16(21)12-19(2)13-17(22)20(3)11-14-6-8-15(23-4)9-7-14/h6-9H,5,10-13H2,1-4H3,(H,18,21). The number of carbonyl (C=O) groups is 2. The van der Waals surface area contributed by atoms with Gasteiger partial charge in [0.15, 0.2) is 0 Å². The number of thioether (sulfide) groups is 1. The number of carbonyl (C=O) groups excluding carboxylic acids is 2. The monoisotopic (exact) mass is 337 g/mol. The molecular weight excluding hydrogens is 310 g/mol. The molecule has 0 bridgehead atoms. The van der Waals surface area contributed by atoms with Gasteiger partial charge in [-0.25, -0.2) is 0 Å². The maximum Gasteiger partial charge on any atom is 0.236 e. The Kier molecular flexibility index (Phi) is 8.73. The summed E-state index contributed by atoms with van der Waals surface area (Å²) in [6.07, 6.45) is 2.95. The minimum Gasteiger partial charge on any atom is -0.355 e. The van der Waals surface area contributed by atoms with Crippen LogP contribution in [0.25, 0.3) is 0 Å². The van der Waals surface area contributed by atoms with Crippen molar-refractivity contribution in [3.8, 4) is 0 Å². The Bertz CT molecular complexity index is 505. The number of hydrogen-bond donors (Lipinski definition) is 1. The number of benzene rings is 1. The van der Waals surface area contributed by atoms with Gasteiger partial charge in [-0.15, -0.1) is 11.8 Å². The summed E-state index contributed by atoms with van der Waals surface area (Å²) >= 11 is 1.70. The van der Waals surface area contributed by atoms with Crippen LogP contribution in [-0.4, -0.2) is 61.6 Å². The highest BCUT2D eigenvalue weighted by molar-refractivity contribution is 7.98. The fourth-order valence-corrected chi connectivity index (χ4v) is 2.47. The van der Waals surface area contributed by atoms with Crippen molar-refractivity contribution in [1.29, 1.82) is 0 Å². The van der Waals surface area contributed by atoms with Crippen LogP contribution in [0.4, 0.5) is 0 Å². The van der Waals surface area contributed by atoms with E-state index in [4.69, 9.17) is 0 Å². The second-order valence-corrected chi connectivity index (χ2v) is 6.50. The van der Waals surface area contributed by atoms with Crippen molar-refractivity contribution in [3.05, 3.63) is 29.8 Å². The van der Waals surface area contributed by atoms with Crippen LogP contribution >= 0.6 is 11.8 Å². The molecule has 0 unspecified atom stereocenters. The SMILES string of the molecule is CCCNC(=O)CN(C)CC(=O)N(C)Cc1ccc(SC)cc1. The van der Waals surface area contributed by atoms with Crippen LogP contribution in [0.15, 0.2) is 29.2 Å². The van der Waals surface area contributed by atoms with Crippen molar-refractivity contribution in [2.75, 3.05) is 40.0 Å². The number of amides is 2. The molecule has 0 atom stereocenters. The molecule has 2 amide bonds. The zero-order chi connectivity index (χ0) is 17.2. The molecule has 23 heavy (non-hydrogen) atoms. The molecule has 0 saturated heterocycles. The molecule has 1 aromatic carbocycles. The van der Waals surface area contributed by atoms with E-state index >= 15 is 0 Å². The zero-order valence-electron chi connectivity index (χ0n) is 14.5. The van der Waals surface area contributed by atoms with Gasteiger partial charge >= 0.3 is 0 Å². The zero-order valence-corrected chi connectivity index (χ0v) is 15.3. The predicted octanol–water partition coefficient (Wildman–Crippen LogP) is 1.82. The van der Waals surface area contributed by atoms with E-state index < -0.39 is 0 Å². The molecule has 0 heterocycles. The number of rotatable bonds is 9. The lowest BCUT2D eigenvalue weighted by Gasteiger charge is -2.21. The minimum atomic E-state index is -0.0440. The highest BCUT2D eigenvalue weighted by atomic mass is 32.2. The Morgan fingerprint density at radius 3 is 2.35 bits per heavy atom. The first-order valence-corrected chi connectivity index (χ1v) is 9.00. The van der Waals surface area contributed by atoms with E-state index in [2.05, 4.69) is 17.4 Å². The smallest absolute Gasteiger partial charge is 0.236 e. The topological polar surface area (TPSA) is 52.7 Å². The molecule has 128 valence electrons. The first-order chi connectivity index (χ1) is 11.0. The summed E-state index contributed by atoms with van der Waals surface area (Å²) in [5, 5.41) is 2.81. The van der Waals surface area contributed by atoms with Gasteiger partial charge in [-0.3, -0.25) is 14.5 Å². The summed E-state index contributed by atoms with van der Waals surface area (Å²) in [7, 11) is 3.57. The van der Waals surface area contributed by atoms with Crippen LogP contribution in [0.2, 0.25) is 0 Å². The van der Waals surface area contributed by atoms with Crippen molar-refractivity contribution >= 4 is 23.6 Å². The lowest BCUT2D eigenvalue weighted by Crippen LogP contribution is -2.41.